The molecular formula is C8H9N3O3. The fourth-order valence-electron chi connectivity index (χ4n) is 1.46. The number of allylic oxidation sites excluding steroid dienone is 1. The van der Waals surface area contributed by atoms with E-state index in [2.05, 4.69) is 10.3 Å². The number of aliphatic imine (C=N–C) groups is 1. The summed E-state index contributed by atoms with van der Waals surface area (Å²) in [6.07, 6.45) is 2.73. The summed E-state index contributed by atoms with van der Waals surface area (Å²) in [6.45, 7) is 1.77. The van der Waals surface area contributed by atoms with Crippen molar-refractivity contribution in [2.24, 2.45) is 10.9 Å². The van der Waals surface area contributed by atoms with Gasteiger partial charge in [0.1, 0.15) is 6.17 Å². The lowest BCUT2D eigenvalue weighted by Gasteiger charge is -2.32. The van der Waals surface area contributed by atoms with Crippen molar-refractivity contribution in [3.8, 4) is 0 Å². The molecule has 0 bridgehead atoms. The van der Waals surface area contributed by atoms with Gasteiger partial charge in [0, 0.05) is 5.71 Å². The average Bonchev–Trinajstić information content (AvgIpc) is 2.14. The summed E-state index contributed by atoms with van der Waals surface area (Å²) in [7, 11) is 0. The summed E-state index contributed by atoms with van der Waals surface area (Å²) in [4.78, 5) is 26.5. The van der Waals surface area contributed by atoms with Crippen LogP contribution in [0.1, 0.15) is 6.92 Å². The van der Waals surface area contributed by atoms with Crippen molar-refractivity contribution >= 4 is 17.6 Å². The first kappa shape index (κ1) is 8.89. The van der Waals surface area contributed by atoms with E-state index in [0.29, 0.717) is 0 Å². The van der Waals surface area contributed by atoms with Gasteiger partial charge in [0.05, 0.1) is 5.92 Å². The molecule has 0 radical (unpaired) electrons. The number of carbonyl (C=O) groups is 2. The van der Waals surface area contributed by atoms with Crippen molar-refractivity contribution in [3.63, 3.8) is 0 Å². The highest BCUT2D eigenvalue weighted by molar-refractivity contribution is 6.01. The van der Waals surface area contributed by atoms with Crippen LogP contribution in [0.4, 0.5) is 4.79 Å². The normalized spacial score (nSPS) is 31.0. The third kappa shape index (κ3) is 1.20. The summed E-state index contributed by atoms with van der Waals surface area (Å²) in [5.74, 6) is -1.24. The summed E-state index contributed by atoms with van der Waals surface area (Å²) in [6, 6.07) is -0.830. The van der Waals surface area contributed by atoms with Gasteiger partial charge in [-0.2, -0.15) is 0 Å². The van der Waals surface area contributed by atoms with Gasteiger partial charge in [-0.15, -0.1) is 5.06 Å². The average molecular weight is 195 g/mol. The molecule has 0 aromatic carbocycles. The molecule has 6 nitrogen and oxygen atoms in total. The predicted molar refractivity (Wildman–Crippen MR) is 46.7 cm³/mol. The molecule has 2 unspecified atom stereocenters. The van der Waals surface area contributed by atoms with Crippen LogP contribution >= 0.6 is 0 Å². The Morgan fingerprint density at radius 1 is 1.57 bits per heavy atom. The molecule has 1 fully saturated rings. The third-order valence-corrected chi connectivity index (χ3v) is 2.19. The Labute approximate surface area is 79.9 Å². The molecule has 6 heteroatoms. The first-order valence-corrected chi connectivity index (χ1v) is 4.15. The van der Waals surface area contributed by atoms with Crippen LogP contribution in [-0.2, 0) is 4.79 Å². The van der Waals surface area contributed by atoms with Gasteiger partial charge in [0.25, 0.3) is 5.91 Å². The molecule has 2 rings (SSSR count). The largest absolute Gasteiger partial charge is 0.350 e. The minimum Gasteiger partial charge on any atom is -0.313 e. The molecule has 2 aliphatic heterocycles. The molecule has 14 heavy (non-hydrogen) atoms. The molecule has 0 aromatic rings. The fraction of sp³-hybridized carbons (Fsp3) is 0.375. The fourth-order valence-corrected chi connectivity index (χ4v) is 1.46. The Hall–Kier alpha value is -1.69. The van der Waals surface area contributed by atoms with Gasteiger partial charge in [-0.25, -0.2) is 4.79 Å². The van der Waals surface area contributed by atoms with Crippen LogP contribution in [0.25, 0.3) is 0 Å². The Kier molecular flexibility index (Phi) is 1.85. The molecular weight excluding hydrogens is 186 g/mol. The molecule has 2 atom stereocenters. The second-order valence-corrected chi connectivity index (χ2v) is 3.20. The van der Waals surface area contributed by atoms with Crippen LogP contribution in [0.5, 0.6) is 0 Å². The van der Waals surface area contributed by atoms with Crippen molar-refractivity contribution in [1.29, 1.82) is 0 Å². The minimum atomic E-state index is -0.830. The molecule has 74 valence electrons. The van der Waals surface area contributed by atoms with Gasteiger partial charge in [0.2, 0.25) is 0 Å². The molecule has 1 saturated heterocycles. The number of amides is 3. The highest BCUT2D eigenvalue weighted by Gasteiger charge is 2.40. The van der Waals surface area contributed by atoms with E-state index in [1.54, 1.807) is 19.1 Å². The van der Waals surface area contributed by atoms with Gasteiger partial charge in [-0.05, 0) is 13.0 Å². The maximum Gasteiger partial charge on any atom is 0.350 e. The van der Waals surface area contributed by atoms with Gasteiger partial charge < -0.3 is 5.32 Å². The molecule has 0 saturated carbocycles. The van der Waals surface area contributed by atoms with Crippen molar-refractivity contribution < 1.29 is 14.8 Å². The number of fused-ring (bicyclic) bond motifs is 1. The van der Waals surface area contributed by atoms with E-state index >= 15 is 0 Å². The van der Waals surface area contributed by atoms with Gasteiger partial charge in [0.15, 0.2) is 0 Å². The van der Waals surface area contributed by atoms with Crippen LogP contribution in [-0.4, -0.2) is 34.1 Å². The lowest BCUT2D eigenvalue weighted by Crippen LogP contribution is -2.58. The van der Waals surface area contributed by atoms with Crippen LogP contribution < -0.4 is 5.32 Å². The zero-order valence-electron chi connectivity index (χ0n) is 7.47. The van der Waals surface area contributed by atoms with Crippen LogP contribution in [0.2, 0.25) is 0 Å². The first-order valence-electron chi connectivity index (χ1n) is 4.15. The van der Waals surface area contributed by atoms with E-state index in [-0.39, 0.29) is 5.06 Å². The highest BCUT2D eigenvalue weighted by atomic mass is 16.5. The number of hydrogen-bond donors (Lipinski definition) is 2. The highest BCUT2D eigenvalue weighted by Crippen LogP contribution is 2.19. The number of urea groups is 1. The number of dihydropyridines is 1. The molecule has 3 amide bonds. The van der Waals surface area contributed by atoms with Crippen molar-refractivity contribution in [1.82, 2.24) is 10.4 Å². The van der Waals surface area contributed by atoms with Crippen molar-refractivity contribution in [3.05, 3.63) is 12.2 Å². The topological polar surface area (TPSA) is 82.0 Å². The summed E-state index contributed by atoms with van der Waals surface area (Å²) in [5.41, 5.74) is 0.741. The summed E-state index contributed by atoms with van der Waals surface area (Å²) in [5, 5.41) is 11.5. The van der Waals surface area contributed by atoms with Crippen LogP contribution in [0.3, 0.4) is 0 Å². The summed E-state index contributed by atoms with van der Waals surface area (Å²) < 4.78 is 0. The van der Waals surface area contributed by atoms with E-state index in [1.165, 1.54) is 0 Å². The molecule has 0 spiro atoms. The van der Waals surface area contributed by atoms with E-state index in [4.69, 9.17) is 5.21 Å². The Balaban J connectivity index is 2.30. The SMILES string of the molecule is CC1=NC2NC(=O)N(O)C(=O)C2C=C1. The smallest absolute Gasteiger partial charge is 0.313 e. The minimum absolute atomic E-state index is 0.0850. The molecule has 2 heterocycles. The molecule has 0 aromatic heterocycles. The Bertz CT molecular complexity index is 361. The zero-order valence-corrected chi connectivity index (χ0v) is 7.47. The number of carbonyl (C=O) groups excluding carboxylic acids is 2. The number of imide groups is 1. The number of hydroxylamine groups is 2. The summed E-state index contributed by atoms with van der Waals surface area (Å²) >= 11 is 0. The molecule has 2 aliphatic rings. The molecule has 2 N–H and O–H groups in total. The van der Waals surface area contributed by atoms with Crippen molar-refractivity contribution in [2.45, 2.75) is 13.1 Å². The Morgan fingerprint density at radius 2 is 2.29 bits per heavy atom. The van der Waals surface area contributed by atoms with Gasteiger partial charge >= 0.3 is 6.03 Å². The first-order chi connectivity index (χ1) is 6.59. The van der Waals surface area contributed by atoms with E-state index in [0.717, 1.165) is 5.71 Å². The van der Waals surface area contributed by atoms with Crippen LogP contribution in [0, 0.1) is 5.92 Å². The van der Waals surface area contributed by atoms with Gasteiger partial charge in [-0.1, -0.05) is 6.08 Å². The lowest BCUT2D eigenvalue weighted by atomic mass is 9.99. The second-order valence-electron chi connectivity index (χ2n) is 3.20. The van der Waals surface area contributed by atoms with Gasteiger partial charge in [-0.3, -0.25) is 15.0 Å². The quantitative estimate of drug-likeness (QED) is 0.529. The lowest BCUT2D eigenvalue weighted by molar-refractivity contribution is -0.160. The van der Waals surface area contributed by atoms with Crippen molar-refractivity contribution in [2.75, 3.05) is 0 Å². The maximum absolute atomic E-state index is 11.4. The van der Waals surface area contributed by atoms with E-state index in [1.807, 2.05) is 0 Å². The number of hydrogen-bond acceptors (Lipinski definition) is 4. The Morgan fingerprint density at radius 3 is 3.00 bits per heavy atom. The molecule has 0 aliphatic carbocycles. The van der Waals surface area contributed by atoms with E-state index in [9.17, 15) is 9.59 Å². The maximum atomic E-state index is 11.4. The van der Waals surface area contributed by atoms with E-state index < -0.39 is 24.0 Å². The third-order valence-electron chi connectivity index (χ3n) is 2.19. The predicted octanol–water partition coefficient (Wildman–Crippen LogP) is -0.0996. The monoisotopic (exact) mass is 195 g/mol. The van der Waals surface area contributed by atoms with Crippen LogP contribution in [0.15, 0.2) is 17.1 Å². The number of nitrogens with zero attached hydrogens (tertiary/aromatic N) is 2. The zero-order chi connectivity index (χ0) is 10.3. The number of nitrogens with one attached hydrogen (secondary N) is 1. The second kappa shape index (κ2) is 2.91. The number of rotatable bonds is 0. The standard InChI is InChI=1S/C8H9N3O3/c1-4-2-3-5-6(9-4)10-8(13)11(14)7(5)12/h2-3,5-6,14H,1H3,(H,10,13).